The Morgan fingerprint density at radius 1 is 1.16 bits per heavy atom. The second kappa shape index (κ2) is 9.55. The first-order chi connectivity index (χ1) is 17.9. The molecular weight excluding hydrogens is 468 g/mol. The number of nitrogens with one attached hydrogen (secondary N) is 2. The zero-order valence-corrected chi connectivity index (χ0v) is 21.4. The van der Waals surface area contributed by atoms with Gasteiger partial charge >= 0.3 is 0 Å². The van der Waals surface area contributed by atoms with Crippen molar-refractivity contribution < 1.29 is 14.3 Å². The number of nitrogens with zero attached hydrogens (tertiary/aromatic N) is 4. The van der Waals surface area contributed by atoms with Gasteiger partial charge in [0.1, 0.15) is 17.3 Å². The minimum Gasteiger partial charge on any atom is -0.462 e. The number of anilines is 1. The molecule has 6 rings (SSSR count). The van der Waals surface area contributed by atoms with E-state index in [0.717, 1.165) is 49.9 Å². The quantitative estimate of drug-likeness (QED) is 0.378. The normalized spacial score (nSPS) is 21.5. The van der Waals surface area contributed by atoms with E-state index < -0.39 is 5.60 Å². The summed E-state index contributed by atoms with van der Waals surface area (Å²) in [6, 6.07) is 8.37. The Kier molecular flexibility index (Phi) is 6.22. The van der Waals surface area contributed by atoms with E-state index in [-0.39, 0.29) is 5.91 Å². The Morgan fingerprint density at radius 3 is 2.68 bits per heavy atom. The molecule has 1 aromatic carbocycles. The Bertz CT molecular complexity index is 1420. The van der Waals surface area contributed by atoms with Crippen LogP contribution in [0.2, 0.25) is 0 Å². The molecule has 1 aliphatic heterocycles. The van der Waals surface area contributed by atoms with Crippen molar-refractivity contribution in [2.45, 2.75) is 57.2 Å². The van der Waals surface area contributed by atoms with Crippen LogP contribution in [0.15, 0.2) is 47.3 Å². The lowest BCUT2D eigenvalue weighted by molar-refractivity contribution is 0.0794. The lowest BCUT2D eigenvalue weighted by atomic mass is 9.90. The maximum Gasteiger partial charge on any atom is 0.261 e. The molecule has 2 fully saturated rings. The summed E-state index contributed by atoms with van der Waals surface area (Å²) in [5.41, 5.74) is 2.23. The van der Waals surface area contributed by atoms with Gasteiger partial charge in [0.05, 0.1) is 17.2 Å². The molecule has 194 valence electrons. The third kappa shape index (κ3) is 4.74. The number of rotatable bonds is 5. The van der Waals surface area contributed by atoms with Gasteiger partial charge < -0.3 is 20.2 Å². The summed E-state index contributed by atoms with van der Waals surface area (Å²) in [7, 11) is 0. The van der Waals surface area contributed by atoms with Crippen LogP contribution in [0.3, 0.4) is 0 Å². The summed E-state index contributed by atoms with van der Waals surface area (Å²) in [4.78, 5) is 20.1. The maximum absolute atomic E-state index is 13.2. The first-order valence-corrected chi connectivity index (χ1v) is 13.2. The molecule has 4 heterocycles. The summed E-state index contributed by atoms with van der Waals surface area (Å²) in [6.45, 7) is 7.88. The van der Waals surface area contributed by atoms with Crippen LogP contribution in [0, 0.1) is 0 Å². The minimum atomic E-state index is -1.17. The average molecular weight is 503 g/mol. The monoisotopic (exact) mass is 502 g/mol. The van der Waals surface area contributed by atoms with Crippen LogP contribution >= 0.6 is 0 Å². The molecule has 0 atom stereocenters. The van der Waals surface area contributed by atoms with Crippen LogP contribution in [0.5, 0.6) is 0 Å². The molecule has 1 saturated carbocycles. The molecule has 1 saturated heterocycles. The van der Waals surface area contributed by atoms with Gasteiger partial charge in [-0.3, -0.25) is 19.4 Å². The number of aromatic nitrogens is 3. The molecule has 1 amide bonds. The molecule has 0 radical (unpaired) electrons. The third-order valence-electron chi connectivity index (χ3n) is 7.85. The fourth-order valence-corrected chi connectivity index (χ4v) is 5.84. The van der Waals surface area contributed by atoms with Crippen LogP contribution in [0.4, 0.5) is 5.69 Å². The molecule has 0 unspecified atom stereocenters. The molecule has 37 heavy (non-hydrogen) atoms. The van der Waals surface area contributed by atoms with Crippen LogP contribution < -0.4 is 10.6 Å². The lowest BCUT2D eigenvalue weighted by Crippen LogP contribution is -2.49. The van der Waals surface area contributed by atoms with Crippen molar-refractivity contribution in [2.24, 2.45) is 0 Å². The second-order valence-electron chi connectivity index (χ2n) is 10.8. The van der Waals surface area contributed by atoms with Gasteiger partial charge in [0, 0.05) is 61.3 Å². The number of pyridine rings is 1. The molecule has 4 aromatic rings. The Hall–Kier alpha value is -3.27. The van der Waals surface area contributed by atoms with Gasteiger partial charge in [0.15, 0.2) is 5.58 Å². The van der Waals surface area contributed by atoms with Gasteiger partial charge in [0.25, 0.3) is 5.91 Å². The first kappa shape index (κ1) is 24.1. The topological polar surface area (TPSA) is 108 Å². The van der Waals surface area contributed by atoms with Gasteiger partial charge in [-0.1, -0.05) is 0 Å². The highest BCUT2D eigenvalue weighted by atomic mass is 16.3. The van der Waals surface area contributed by atoms with Crippen molar-refractivity contribution >= 4 is 33.6 Å². The van der Waals surface area contributed by atoms with E-state index in [1.54, 1.807) is 32.2 Å². The van der Waals surface area contributed by atoms with Crippen molar-refractivity contribution in [3.8, 4) is 0 Å². The number of carbonyl (C=O) groups excluding carboxylic acids is 1. The van der Waals surface area contributed by atoms with E-state index in [2.05, 4.69) is 31.4 Å². The maximum atomic E-state index is 13.2. The van der Waals surface area contributed by atoms with Crippen LogP contribution in [0.25, 0.3) is 22.0 Å². The number of aliphatic hydroxyl groups is 1. The Balaban J connectivity index is 1.25. The molecule has 0 spiro atoms. The number of hydrogen-bond acceptors (Lipinski definition) is 7. The van der Waals surface area contributed by atoms with Gasteiger partial charge in [-0.15, -0.1) is 0 Å². The molecule has 3 aromatic heterocycles. The van der Waals surface area contributed by atoms with Crippen molar-refractivity contribution in [3.63, 3.8) is 0 Å². The smallest absolute Gasteiger partial charge is 0.261 e. The zero-order valence-electron chi connectivity index (χ0n) is 21.4. The number of fused-ring (bicyclic) bond motifs is 2. The molecule has 9 nitrogen and oxygen atoms in total. The Labute approximate surface area is 215 Å². The van der Waals surface area contributed by atoms with Crippen LogP contribution in [-0.4, -0.2) is 62.9 Å². The summed E-state index contributed by atoms with van der Waals surface area (Å²) < 4.78 is 7.59. The van der Waals surface area contributed by atoms with E-state index in [4.69, 9.17) is 9.52 Å². The molecule has 1 aliphatic carbocycles. The molecule has 3 N–H and O–H groups in total. The molecule has 9 heteroatoms. The lowest BCUT2D eigenvalue weighted by Gasteiger charge is -2.39. The predicted octanol–water partition coefficient (Wildman–Crippen LogP) is 4.05. The second-order valence-corrected chi connectivity index (χ2v) is 10.8. The van der Waals surface area contributed by atoms with E-state index >= 15 is 0 Å². The number of benzene rings is 1. The highest BCUT2D eigenvalue weighted by Crippen LogP contribution is 2.35. The van der Waals surface area contributed by atoms with Crippen molar-refractivity contribution in [2.75, 3.05) is 31.5 Å². The average Bonchev–Trinajstić information content (AvgIpc) is 3.52. The highest BCUT2D eigenvalue weighted by molar-refractivity contribution is 6.12. The summed E-state index contributed by atoms with van der Waals surface area (Å²) in [5, 5.41) is 23.2. The van der Waals surface area contributed by atoms with Gasteiger partial charge in [-0.25, -0.2) is 0 Å². The number of hydrogen-bond donors (Lipinski definition) is 3. The number of furan rings is 1. The molecule has 0 bridgehead atoms. The van der Waals surface area contributed by atoms with Gasteiger partial charge in [-0.05, 0) is 63.8 Å². The van der Waals surface area contributed by atoms with Crippen molar-refractivity contribution in [1.29, 1.82) is 0 Å². The number of amides is 1. The molecule has 2 aliphatic rings. The summed E-state index contributed by atoms with van der Waals surface area (Å²) >= 11 is 0. The SMILES string of the molecule is CC(C)(O)c1cc2nn(C3CCC(N4CCNCC4)CC3)cc2cc1NC(=O)c1coc2cccnc12. The fraction of sp³-hybridized carbons (Fsp3) is 0.464. The van der Waals surface area contributed by atoms with Crippen LogP contribution in [-0.2, 0) is 5.60 Å². The molecular formula is C28H34N6O3. The fourth-order valence-electron chi connectivity index (χ4n) is 5.84. The number of carbonyl (C=O) groups is 1. The zero-order chi connectivity index (χ0) is 25.6. The van der Waals surface area contributed by atoms with E-state index in [9.17, 15) is 9.90 Å². The number of piperazine rings is 1. The van der Waals surface area contributed by atoms with Crippen LogP contribution in [0.1, 0.15) is 61.5 Å². The van der Waals surface area contributed by atoms with E-state index in [1.165, 1.54) is 19.1 Å². The van der Waals surface area contributed by atoms with E-state index in [1.807, 2.05) is 12.1 Å². The highest BCUT2D eigenvalue weighted by Gasteiger charge is 2.29. The van der Waals surface area contributed by atoms with Crippen molar-refractivity contribution in [1.82, 2.24) is 25.0 Å². The van der Waals surface area contributed by atoms with E-state index in [0.29, 0.717) is 40.0 Å². The van der Waals surface area contributed by atoms with Crippen molar-refractivity contribution in [3.05, 3.63) is 54.0 Å². The minimum absolute atomic E-state index is 0.332. The standard InChI is InChI=1S/C28H34N6O3/c1-28(2,36)22-15-23-18(14-24(22)31-27(35)21-17-37-25-4-3-9-30-26(21)25)16-34(32-23)20-7-5-19(6-8-20)33-12-10-29-11-13-33/h3-4,9,14-17,19-20,29,36H,5-8,10-13H2,1-2H3,(H,31,35). The predicted molar refractivity (Wildman–Crippen MR) is 143 cm³/mol. The third-order valence-corrected chi connectivity index (χ3v) is 7.85. The summed E-state index contributed by atoms with van der Waals surface area (Å²) in [5.74, 6) is -0.332. The largest absolute Gasteiger partial charge is 0.462 e. The summed E-state index contributed by atoms with van der Waals surface area (Å²) in [6.07, 6.45) is 9.70. The van der Waals surface area contributed by atoms with Gasteiger partial charge in [0.2, 0.25) is 0 Å². The Morgan fingerprint density at radius 2 is 1.92 bits per heavy atom. The first-order valence-electron chi connectivity index (χ1n) is 13.2. The van der Waals surface area contributed by atoms with Gasteiger partial charge in [-0.2, -0.15) is 5.10 Å².